The molecule has 132 valence electrons. The molecule has 0 saturated carbocycles. The lowest BCUT2D eigenvalue weighted by molar-refractivity contribution is -0.117. The average Bonchev–Trinajstić information content (AvgIpc) is 2.48. The Kier molecular flexibility index (Phi) is 6.24. The highest BCUT2D eigenvalue weighted by atomic mass is 35.5. The van der Waals surface area contributed by atoms with Gasteiger partial charge in [0.15, 0.2) is 0 Å². The Bertz CT molecular complexity index is 605. The normalized spacial score (nSPS) is 18.1. The van der Waals surface area contributed by atoms with E-state index in [2.05, 4.69) is 16.0 Å². The maximum Gasteiger partial charge on any atom is 0.253 e. The van der Waals surface area contributed by atoms with Crippen LogP contribution in [0.25, 0.3) is 0 Å². The molecule has 1 heterocycles. The molecule has 0 unspecified atom stereocenters. The number of hydrogen-bond donors (Lipinski definition) is 3. The number of hydrogen-bond acceptors (Lipinski definition) is 3. The number of piperidine rings is 1. The summed E-state index contributed by atoms with van der Waals surface area (Å²) >= 11 is 6.16. The molecule has 0 aromatic heterocycles. The van der Waals surface area contributed by atoms with Crippen LogP contribution in [-0.4, -0.2) is 30.9 Å². The molecule has 1 atom stereocenters. The van der Waals surface area contributed by atoms with E-state index in [1.807, 2.05) is 20.8 Å². The van der Waals surface area contributed by atoms with Gasteiger partial charge in [-0.1, -0.05) is 32.4 Å². The van der Waals surface area contributed by atoms with Crippen LogP contribution in [-0.2, 0) is 4.79 Å². The molecule has 2 rings (SSSR count). The third-order valence-corrected chi connectivity index (χ3v) is 4.15. The van der Waals surface area contributed by atoms with Crippen LogP contribution in [0.5, 0.6) is 0 Å². The first-order chi connectivity index (χ1) is 11.2. The van der Waals surface area contributed by atoms with Gasteiger partial charge in [-0.15, -0.1) is 0 Å². The fourth-order valence-electron chi connectivity index (χ4n) is 2.70. The molecule has 5 nitrogen and oxygen atoms in total. The highest BCUT2D eigenvalue weighted by molar-refractivity contribution is 6.34. The number of benzene rings is 1. The lowest BCUT2D eigenvalue weighted by Crippen LogP contribution is -2.45. The maximum absolute atomic E-state index is 12.5. The number of rotatable bonds is 4. The Morgan fingerprint density at radius 3 is 2.71 bits per heavy atom. The molecule has 24 heavy (non-hydrogen) atoms. The molecule has 0 spiro atoms. The van der Waals surface area contributed by atoms with Gasteiger partial charge in [0.2, 0.25) is 5.91 Å². The summed E-state index contributed by atoms with van der Waals surface area (Å²) < 4.78 is 0. The summed E-state index contributed by atoms with van der Waals surface area (Å²) in [6.45, 7) is 7.77. The lowest BCUT2D eigenvalue weighted by Gasteiger charge is -2.24. The first-order valence-corrected chi connectivity index (χ1v) is 8.73. The highest BCUT2D eigenvalue weighted by Gasteiger charge is 2.20. The minimum absolute atomic E-state index is 0.0762. The second-order valence-electron chi connectivity index (χ2n) is 7.50. The van der Waals surface area contributed by atoms with Gasteiger partial charge in [-0.2, -0.15) is 0 Å². The SMILES string of the molecule is CC(C)(C)CC(=O)Nc1ccc(Cl)c(C(=O)N[C@H]2CCCNC2)c1. The summed E-state index contributed by atoms with van der Waals surface area (Å²) in [5, 5.41) is 9.47. The molecule has 1 saturated heterocycles. The number of anilines is 1. The smallest absolute Gasteiger partial charge is 0.253 e. The Balaban J connectivity index is 2.04. The van der Waals surface area contributed by atoms with Crippen LogP contribution < -0.4 is 16.0 Å². The third-order valence-electron chi connectivity index (χ3n) is 3.82. The first kappa shape index (κ1) is 18.7. The largest absolute Gasteiger partial charge is 0.348 e. The monoisotopic (exact) mass is 351 g/mol. The first-order valence-electron chi connectivity index (χ1n) is 8.35. The Morgan fingerprint density at radius 2 is 2.08 bits per heavy atom. The molecule has 1 fully saturated rings. The van der Waals surface area contributed by atoms with Crippen molar-refractivity contribution >= 4 is 29.1 Å². The third kappa shape index (κ3) is 5.80. The molecule has 0 radical (unpaired) electrons. The lowest BCUT2D eigenvalue weighted by atomic mass is 9.92. The molecule has 0 aliphatic carbocycles. The molecular formula is C18H26ClN3O2. The van der Waals surface area contributed by atoms with Gasteiger partial charge in [-0.25, -0.2) is 0 Å². The van der Waals surface area contributed by atoms with Crippen molar-refractivity contribution in [2.75, 3.05) is 18.4 Å². The van der Waals surface area contributed by atoms with Crippen LogP contribution in [0.15, 0.2) is 18.2 Å². The van der Waals surface area contributed by atoms with Crippen molar-refractivity contribution in [3.8, 4) is 0 Å². The second-order valence-corrected chi connectivity index (χ2v) is 7.90. The van der Waals surface area contributed by atoms with Crippen molar-refractivity contribution in [3.05, 3.63) is 28.8 Å². The molecule has 2 amide bonds. The summed E-state index contributed by atoms with van der Waals surface area (Å²) in [6.07, 6.45) is 2.41. The second kappa shape index (κ2) is 7.99. The van der Waals surface area contributed by atoms with Crippen LogP contribution in [0.2, 0.25) is 5.02 Å². The highest BCUT2D eigenvalue weighted by Crippen LogP contribution is 2.23. The van der Waals surface area contributed by atoms with E-state index in [4.69, 9.17) is 11.6 Å². The van der Waals surface area contributed by atoms with Crippen molar-refractivity contribution in [2.24, 2.45) is 5.41 Å². The number of nitrogens with one attached hydrogen (secondary N) is 3. The van der Waals surface area contributed by atoms with E-state index in [0.29, 0.717) is 22.7 Å². The molecule has 1 aromatic carbocycles. The van der Waals surface area contributed by atoms with E-state index < -0.39 is 0 Å². The van der Waals surface area contributed by atoms with Crippen molar-refractivity contribution in [1.29, 1.82) is 0 Å². The summed E-state index contributed by atoms with van der Waals surface area (Å²) in [5.74, 6) is -0.284. The Hall–Kier alpha value is -1.59. The van der Waals surface area contributed by atoms with E-state index in [-0.39, 0.29) is 23.3 Å². The molecule has 0 bridgehead atoms. The van der Waals surface area contributed by atoms with Gasteiger partial charge in [0.1, 0.15) is 0 Å². The predicted octanol–water partition coefficient (Wildman–Crippen LogP) is 3.20. The topological polar surface area (TPSA) is 70.2 Å². The molecule has 6 heteroatoms. The van der Waals surface area contributed by atoms with Crippen molar-refractivity contribution in [3.63, 3.8) is 0 Å². The minimum Gasteiger partial charge on any atom is -0.348 e. The number of carbonyl (C=O) groups excluding carboxylic acids is 2. The Morgan fingerprint density at radius 1 is 1.33 bits per heavy atom. The van der Waals surface area contributed by atoms with Crippen LogP contribution in [0.3, 0.4) is 0 Å². The summed E-state index contributed by atoms with van der Waals surface area (Å²) in [7, 11) is 0. The van der Waals surface area contributed by atoms with Crippen LogP contribution >= 0.6 is 11.6 Å². The van der Waals surface area contributed by atoms with Gasteiger partial charge in [-0.3, -0.25) is 9.59 Å². The quantitative estimate of drug-likeness (QED) is 0.780. The predicted molar refractivity (Wildman–Crippen MR) is 97.5 cm³/mol. The van der Waals surface area contributed by atoms with Crippen molar-refractivity contribution in [1.82, 2.24) is 10.6 Å². The summed E-state index contributed by atoms with van der Waals surface area (Å²) in [5.41, 5.74) is 0.876. The van der Waals surface area contributed by atoms with E-state index in [0.717, 1.165) is 25.9 Å². The zero-order valence-electron chi connectivity index (χ0n) is 14.5. The fourth-order valence-corrected chi connectivity index (χ4v) is 2.91. The van der Waals surface area contributed by atoms with Gasteiger partial charge < -0.3 is 16.0 Å². The summed E-state index contributed by atoms with van der Waals surface area (Å²) in [4.78, 5) is 24.5. The van der Waals surface area contributed by atoms with Crippen LogP contribution in [0.1, 0.15) is 50.4 Å². The molecular weight excluding hydrogens is 326 g/mol. The molecule has 1 aromatic rings. The van der Waals surface area contributed by atoms with Crippen LogP contribution in [0, 0.1) is 5.41 Å². The van der Waals surface area contributed by atoms with Crippen molar-refractivity contribution < 1.29 is 9.59 Å². The van der Waals surface area contributed by atoms with Gasteiger partial charge in [-0.05, 0) is 43.0 Å². The van der Waals surface area contributed by atoms with Crippen molar-refractivity contribution in [2.45, 2.75) is 46.1 Å². The molecule has 1 aliphatic heterocycles. The van der Waals surface area contributed by atoms with Gasteiger partial charge in [0, 0.05) is 24.7 Å². The van der Waals surface area contributed by atoms with Gasteiger partial charge in [0.05, 0.1) is 10.6 Å². The van der Waals surface area contributed by atoms with E-state index in [9.17, 15) is 9.59 Å². The summed E-state index contributed by atoms with van der Waals surface area (Å²) in [6, 6.07) is 5.10. The number of amides is 2. The Labute approximate surface area is 148 Å². The fraction of sp³-hybridized carbons (Fsp3) is 0.556. The zero-order valence-corrected chi connectivity index (χ0v) is 15.3. The number of halogens is 1. The number of carbonyl (C=O) groups is 2. The zero-order chi connectivity index (χ0) is 17.7. The minimum atomic E-state index is -0.208. The van der Waals surface area contributed by atoms with Gasteiger partial charge in [0.25, 0.3) is 5.91 Å². The van der Waals surface area contributed by atoms with Crippen LogP contribution in [0.4, 0.5) is 5.69 Å². The molecule has 3 N–H and O–H groups in total. The maximum atomic E-state index is 12.5. The average molecular weight is 352 g/mol. The van der Waals surface area contributed by atoms with E-state index in [1.165, 1.54) is 0 Å². The standard InChI is InChI=1S/C18H26ClN3O2/c1-18(2,3)10-16(23)21-12-6-7-15(19)14(9-12)17(24)22-13-5-4-8-20-11-13/h6-7,9,13,20H,4-5,8,10-11H2,1-3H3,(H,21,23)(H,22,24)/t13-/m0/s1. The van der Waals surface area contributed by atoms with E-state index in [1.54, 1.807) is 18.2 Å². The molecule has 1 aliphatic rings. The van der Waals surface area contributed by atoms with Gasteiger partial charge >= 0.3 is 0 Å². The van der Waals surface area contributed by atoms with E-state index >= 15 is 0 Å².